The smallest absolute Gasteiger partial charge is 0.337 e. The van der Waals surface area contributed by atoms with E-state index in [-0.39, 0.29) is 12.0 Å². The fourth-order valence-electron chi connectivity index (χ4n) is 2.15. The molecule has 2 N–H and O–H groups in total. The molecule has 21 heavy (non-hydrogen) atoms. The van der Waals surface area contributed by atoms with Crippen LogP contribution in [0.15, 0.2) is 0 Å². The number of aromatic amines is 1. The van der Waals surface area contributed by atoms with E-state index in [1.807, 2.05) is 6.92 Å². The molecule has 1 aliphatic rings. The highest BCUT2D eigenvalue weighted by Gasteiger charge is 2.59. The molecule has 5 nitrogen and oxygen atoms in total. The first kappa shape index (κ1) is 15.9. The predicted octanol–water partition coefficient (Wildman–Crippen LogP) is 1.81. The maximum absolute atomic E-state index is 12.6. The lowest BCUT2D eigenvalue weighted by Gasteiger charge is -2.30. The molecule has 2 heterocycles. The van der Waals surface area contributed by atoms with Crippen molar-refractivity contribution in [2.75, 3.05) is 24.5 Å². The van der Waals surface area contributed by atoms with E-state index in [1.54, 1.807) is 5.10 Å². The van der Waals surface area contributed by atoms with Gasteiger partial charge >= 0.3 is 12.4 Å². The summed E-state index contributed by atoms with van der Waals surface area (Å²) in [6.07, 6.45) is -11.0. The number of hydrogen-bond acceptors (Lipinski definition) is 4. The molecule has 0 bridgehead atoms. The third kappa shape index (κ3) is 3.57. The molecule has 1 aromatic heterocycles. The number of anilines is 1. The van der Waals surface area contributed by atoms with Gasteiger partial charge in [0.25, 0.3) is 0 Å². The number of H-pyrrole nitrogens is 1. The first-order valence-corrected chi connectivity index (χ1v) is 6.13. The summed E-state index contributed by atoms with van der Waals surface area (Å²) in [6, 6.07) is 0.0433. The summed E-state index contributed by atoms with van der Waals surface area (Å²) < 4.78 is 75.5. The van der Waals surface area contributed by atoms with Crippen LogP contribution in [-0.4, -0.2) is 53.2 Å². The number of piperazine rings is 1. The Labute approximate surface area is 115 Å². The van der Waals surface area contributed by atoms with Gasteiger partial charge in [0.15, 0.2) is 0 Å². The summed E-state index contributed by atoms with van der Waals surface area (Å²) in [5.74, 6) is -5.06. The van der Waals surface area contributed by atoms with Crippen molar-refractivity contribution < 1.29 is 26.3 Å². The monoisotopic (exact) mass is 317 g/mol. The van der Waals surface area contributed by atoms with Crippen LogP contribution >= 0.6 is 0 Å². The van der Waals surface area contributed by atoms with E-state index in [1.165, 1.54) is 4.90 Å². The minimum Gasteiger partial charge on any atom is -0.337 e. The Hall–Kier alpha value is -1.52. The van der Waals surface area contributed by atoms with Crippen molar-refractivity contribution in [3.8, 4) is 0 Å². The lowest BCUT2D eigenvalue weighted by molar-refractivity contribution is -0.255. The molecule has 0 amide bonds. The Balaban J connectivity index is 2.25. The molecule has 0 radical (unpaired) electrons. The molecular weight excluding hydrogens is 304 g/mol. The van der Waals surface area contributed by atoms with Crippen LogP contribution in [-0.2, 0) is 0 Å². The third-order valence-electron chi connectivity index (χ3n) is 3.07. The Morgan fingerprint density at radius 1 is 1.19 bits per heavy atom. The van der Waals surface area contributed by atoms with Gasteiger partial charge in [-0.05, 0) is 6.92 Å². The maximum atomic E-state index is 12.6. The third-order valence-corrected chi connectivity index (χ3v) is 3.07. The van der Waals surface area contributed by atoms with E-state index in [0.717, 1.165) is 0 Å². The van der Waals surface area contributed by atoms with E-state index >= 15 is 0 Å². The topological polar surface area (TPSA) is 56.8 Å². The summed E-state index contributed by atoms with van der Waals surface area (Å²) in [5, 5.41) is 8.34. The Morgan fingerprint density at radius 2 is 1.81 bits per heavy atom. The van der Waals surface area contributed by atoms with Gasteiger partial charge in [0.1, 0.15) is 5.82 Å². The van der Waals surface area contributed by atoms with Crippen LogP contribution in [0.25, 0.3) is 0 Å². The predicted molar refractivity (Wildman–Crippen MR) is 60.9 cm³/mol. The van der Waals surface area contributed by atoms with Crippen molar-refractivity contribution in [1.82, 2.24) is 20.5 Å². The van der Waals surface area contributed by atoms with E-state index in [9.17, 15) is 26.3 Å². The molecule has 1 unspecified atom stereocenters. The van der Waals surface area contributed by atoms with Crippen molar-refractivity contribution in [2.45, 2.75) is 31.2 Å². The second-order valence-corrected chi connectivity index (χ2v) is 4.84. The SMILES string of the molecule is CC1CN(c2n[nH]c(C(C(F)(F)F)C(F)(F)F)n2)CCN1. The lowest BCUT2D eigenvalue weighted by Crippen LogP contribution is -2.49. The molecule has 1 aliphatic heterocycles. The van der Waals surface area contributed by atoms with Crippen LogP contribution in [0.3, 0.4) is 0 Å². The van der Waals surface area contributed by atoms with Crippen LogP contribution in [0.4, 0.5) is 32.3 Å². The number of halogens is 6. The van der Waals surface area contributed by atoms with Gasteiger partial charge in [-0.2, -0.15) is 31.3 Å². The van der Waals surface area contributed by atoms with Crippen molar-refractivity contribution in [2.24, 2.45) is 0 Å². The average Bonchev–Trinajstić information content (AvgIpc) is 2.74. The Morgan fingerprint density at radius 3 is 2.33 bits per heavy atom. The number of rotatable bonds is 2. The molecule has 1 fully saturated rings. The van der Waals surface area contributed by atoms with Crippen LogP contribution < -0.4 is 10.2 Å². The number of nitrogens with zero attached hydrogens (tertiary/aromatic N) is 3. The summed E-state index contributed by atoms with van der Waals surface area (Å²) in [4.78, 5) is 4.93. The van der Waals surface area contributed by atoms with Crippen LogP contribution in [0.2, 0.25) is 0 Å². The molecule has 120 valence electrons. The van der Waals surface area contributed by atoms with Gasteiger partial charge in [-0.15, -0.1) is 5.10 Å². The fourth-order valence-corrected chi connectivity index (χ4v) is 2.15. The molecule has 1 atom stereocenters. The highest BCUT2D eigenvalue weighted by atomic mass is 19.4. The largest absolute Gasteiger partial charge is 0.407 e. The van der Waals surface area contributed by atoms with Gasteiger partial charge in [0.05, 0.1) is 0 Å². The molecule has 1 saturated heterocycles. The molecule has 2 rings (SSSR count). The van der Waals surface area contributed by atoms with Crippen LogP contribution in [0.1, 0.15) is 18.7 Å². The molecule has 0 aromatic carbocycles. The molecule has 11 heteroatoms. The zero-order valence-electron chi connectivity index (χ0n) is 10.9. The Kier molecular flexibility index (Phi) is 4.04. The van der Waals surface area contributed by atoms with E-state index in [4.69, 9.17) is 0 Å². The van der Waals surface area contributed by atoms with Crippen molar-refractivity contribution in [3.05, 3.63) is 5.82 Å². The van der Waals surface area contributed by atoms with E-state index in [2.05, 4.69) is 15.4 Å². The summed E-state index contributed by atoms with van der Waals surface area (Å²) >= 11 is 0. The first-order chi connectivity index (χ1) is 9.59. The zero-order valence-corrected chi connectivity index (χ0v) is 10.9. The maximum Gasteiger partial charge on any atom is 0.407 e. The number of alkyl halides is 6. The minimum absolute atomic E-state index is 0.0433. The highest BCUT2D eigenvalue weighted by Crippen LogP contribution is 2.45. The lowest BCUT2D eigenvalue weighted by atomic mass is 10.1. The van der Waals surface area contributed by atoms with Crippen LogP contribution in [0, 0.1) is 0 Å². The van der Waals surface area contributed by atoms with Gasteiger partial charge < -0.3 is 10.2 Å². The summed E-state index contributed by atoms with van der Waals surface area (Å²) in [6.45, 7) is 3.20. The van der Waals surface area contributed by atoms with Gasteiger partial charge in [0.2, 0.25) is 11.9 Å². The molecule has 1 aromatic rings. The first-order valence-electron chi connectivity index (χ1n) is 6.13. The Bertz CT molecular complexity index is 467. The van der Waals surface area contributed by atoms with Gasteiger partial charge in [-0.3, -0.25) is 5.10 Å². The summed E-state index contributed by atoms with van der Waals surface area (Å²) in [5.41, 5.74) is 0. The van der Waals surface area contributed by atoms with Crippen molar-refractivity contribution >= 4 is 5.95 Å². The summed E-state index contributed by atoms with van der Waals surface area (Å²) in [7, 11) is 0. The zero-order chi connectivity index (χ0) is 15.8. The average molecular weight is 317 g/mol. The number of hydrogen-bond donors (Lipinski definition) is 2. The van der Waals surface area contributed by atoms with Gasteiger partial charge in [-0.1, -0.05) is 0 Å². The fraction of sp³-hybridized carbons (Fsp3) is 0.800. The van der Waals surface area contributed by atoms with E-state index in [0.29, 0.717) is 19.6 Å². The molecule has 0 spiro atoms. The quantitative estimate of drug-likeness (QED) is 0.817. The molecule has 0 aliphatic carbocycles. The molecular formula is C10H13F6N5. The second kappa shape index (κ2) is 5.35. The van der Waals surface area contributed by atoms with Crippen LogP contribution in [0.5, 0.6) is 0 Å². The normalized spacial score (nSPS) is 21.1. The number of aromatic nitrogens is 3. The minimum atomic E-state index is -5.48. The van der Waals surface area contributed by atoms with Crippen molar-refractivity contribution in [3.63, 3.8) is 0 Å². The standard InChI is InChI=1S/C10H13F6N5/c1-5-4-21(3-2-17-5)8-18-7(19-20-8)6(9(11,12)13)10(14,15)16/h5-6,17H,2-4H2,1H3,(H,18,19,20). The van der Waals surface area contributed by atoms with E-state index < -0.39 is 24.1 Å². The second-order valence-electron chi connectivity index (χ2n) is 4.84. The van der Waals surface area contributed by atoms with Gasteiger partial charge in [0, 0.05) is 25.7 Å². The number of nitrogens with one attached hydrogen (secondary N) is 2. The highest BCUT2D eigenvalue weighted by molar-refractivity contribution is 5.31. The van der Waals surface area contributed by atoms with Gasteiger partial charge in [-0.25, -0.2) is 0 Å². The molecule has 0 saturated carbocycles. The van der Waals surface area contributed by atoms with Crippen molar-refractivity contribution in [1.29, 1.82) is 0 Å².